The molecule has 2 amide bonds. The van der Waals surface area contributed by atoms with Crippen molar-refractivity contribution in [3.8, 4) is 0 Å². The fourth-order valence-electron chi connectivity index (χ4n) is 4.03. The van der Waals surface area contributed by atoms with Gasteiger partial charge < -0.3 is 10.2 Å². The third-order valence-electron chi connectivity index (χ3n) is 6.20. The summed E-state index contributed by atoms with van der Waals surface area (Å²) in [4.78, 5) is 28.5. The zero-order valence-corrected chi connectivity index (χ0v) is 24.6. The van der Waals surface area contributed by atoms with E-state index in [1.54, 1.807) is 37.3 Å². The number of hydrogen-bond acceptors (Lipinski definition) is 4. The number of nitrogens with zero attached hydrogens (tertiary/aromatic N) is 2. The lowest BCUT2D eigenvalue weighted by atomic mass is 10.1. The summed E-state index contributed by atoms with van der Waals surface area (Å²) >= 11 is 6.35. The van der Waals surface area contributed by atoms with Crippen molar-refractivity contribution < 1.29 is 18.0 Å². The lowest BCUT2D eigenvalue weighted by molar-refractivity contribution is -0.139. The topological polar surface area (TPSA) is 86.8 Å². The van der Waals surface area contributed by atoms with E-state index < -0.39 is 34.1 Å². The highest BCUT2D eigenvalue weighted by Gasteiger charge is 2.33. The minimum Gasteiger partial charge on any atom is -0.350 e. The van der Waals surface area contributed by atoms with Crippen LogP contribution in [0.2, 0.25) is 5.02 Å². The monoisotopic (exact) mass is 569 g/mol. The van der Waals surface area contributed by atoms with Gasteiger partial charge >= 0.3 is 0 Å². The Labute approximate surface area is 236 Å². The molecule has 0 saturated carbocycles. The number of halogens is 1. The van der Waals surface area contributed by atoms with Crippen LogP contribution in [0.4, 0.5) is 5.69 Å². The molecule has 208 valence electrons. The highest BCUT2D eigenvalue weighted by Crippen LogP contribution is 2.28. The van der Waals surface area contributed by atoms with Crippen LogP contribution < -0.4 is 9.62 Å². The standard InChI is InChI=1S/C30H36ClN3O4S/c1-22-16-17-25(20-27(22)31)34(39(37,38)26-14-10-7-11-15-26)21-28(35)33(19-18-24-12-8-6-9-13-24)23(2)29(36)32-30(3,4)5/h6-17,20,23H,18-19,21H2,1-5H3,(H,32,36)/t23-/m1/s1. The van der Waals surface area contributed by atoms with E-state index in [1.807, 2.05) is 58.0 Å². The molecule has 0 aliphatic rings. The zero-order chi connectivity index (χ0) is 28.8. The van der Waals surface area contributed by atoms with Gasteiger partial charge in [-0.25, -0.2) is 8.42 Å². The summed E-state index contributed by atoms with van der Waals surface area (Å²) in [5.74, 6) is -0.821. The molecule has 3 aromatic carbocycles. The molecule has 3 aromatic rings. The van der Waals surface area contributed by atoms with Crippen LogP contribution in [0.1, 0.15) is 38.8 Å². The van der Waals surface area contributed by atoms with Gasteiger partial charge in [-0.3, -0.25) is 13.9 Å². The number of sulfonamides is 1. The number of carbonyl (C=O) groups is 2. The number of nitrogens with one attached hydrogen (secondary N) is 1. The summed E-state index contributed by atoms with van der Waals surface area (Å²) in [5.41, 5.74) is 1.54. The van der Waals surface area contributed by atoms with Crippen LogP contribution in [-0.2, 0) is 26.0 Å². The Bertz CT molecular complexity index is 1390. The van der Waals surface area contributed by atoms with Crippen molar-refractivity contribution in [1.82, 2.24) is 10.2 Å². The first-order valence-corrected chi connectivity index (χ1v) is 14.6. The van der Waals surface area contributed by atoms with Gasteiger partial charge in [0.15, 0.2) is 0 Å². The van der Waals surface area contributed by atoms with Gasteiger partial charge in [0.1, 0.15) is 12.6 Å². The molecular weight excluding hydrogens is 534 g/mol. The first kappa shape index (κ1) is 30.2. The predicted octanol–water partition coefficient (Wildman–Crippen LogP) is 5.22. The Balaban J connectivity index is 2.00. The van der Waals surface area contributed by atoms with E-state index in [0.29, 0.717) is 11.4 Å². The Morgan fingerprint density at radius 2 is 1.54 bits per heavy atom. The molecule has 0 spiro atoms. The quantitative estimate of drug-likeness (QED) is 0.363. The van der Waals surface area contributed by atoms with Crippen molar-refractivity contribution in [1.29, 1.82) is 0 Å². The maximum Gasteiger partial charge on any atom is 0.264 e. The normalized spacial score (nSPS) is 12.5. The molecule has 9 heteroatoms. The number of amides is 2. The second-order valence-electron chi connectivity index (χ2n) is 10.5. The van der Waals surface area contributed by atoms with E-state index in [4.69, 9.17) is 11.6 Å². The van der Waals surface area contributed by atoms with Gasteiger partial charge in [0, 0.05) is 17.1 Å². The van der Waals surface area contributed by atoms with Crippen molar-refractivity contribution >= 4 is 39.1 Å². The highest BCUT2D eigenvalue weighted by molar-refractivity contribution is 7.92. The Kier molecular flexibility index (Phi) is 9.80. The maximum atomic E-state index is 13.9. The number of rotatable bonds is 10. The molecule has 0 unspecified atom stereocenters. The van der Waals surface area contributed by atoms with Gasteiger partial charge in [-0.1, -0.05) is 66.2 Å². The maximum absolute atomic E-state index is 13.9. The molecule has 0 bridgehead atoms. The van der Waals surface area contributed by atoms with Crippen LogP contribution in [0.15, 0.2) is 83.8 Å². The van der Waals surface area contributed by atoms with Crippen LogP contribution in [0.25, 0.3) is 0 Å². The molecular formula is C30H36ClN3O4S. The minimum atomic E-state index is -4.13. The van der Waals surface area contributed by atoms with Gasteiger partial charge in [-0.05, 0) is 76.4 Å². The van der Waals surface area contributed by atoms with Crippen molar-refractivity contribution in [3.63, 3.8) is 0 Å². The zero-order valence-electron chi connectivity index (χ0n) is 23.0. The molecule has 0 aromatic heterocycles. The van der Waals surface area contributed by atoms with Crippen LogP contribution >= 0.6 is 11.6 Å². The van der Waals surface area contributed by atoms with Crippen LogP contribution in [0.3, 0.4) is 0 Å². The second kappa shape index (κ2) is 12.7. The average Bonchev–Trinajstić information content (AvgIpc) is 2.89. The minimum absolute atomic E-state index is 0.0452. The number of carbonyl (C=O) groups excluding carboxylic acids is 2. The smallest absolute Gasteiger partial charge is 0.264 e. The van der Waals surface area contributed by atoms with Gasteiger partial charge in [0.05, 0.1) is 10.6 Å². The Morgan fingerprint density at radius 3 is 2.10 bits per heavy atom. The Morgan fingerprint density at radius 1 is 0.949 bits per heavy atom. The van der Waals surface area contributed by atoms with Crippen LogP contribution in [-0.4, -0.2) is 49.8 Å². The molecule has 39 heavy (non-hydrogen) atoms. The molecule has 3 rings (SSSR count). The van der Waals surface area contributed by atoms with E-state index in [2.05, 4.69) is 5.32 Å². The first-order chi connectivity index (χ1) is 18.3. The molecule has 0 aliphatic carbocycles. The van der Waals surface area contributed by atoms with Gasteiger partial charge in [-0.15, -0.1) is 0 Å². The van der Waals surface area contributed by atoms with Crippen LogP contribution in [0, 0.1) is 6.92 Å². The average molecular weight is 570 g/mol. The first-order valence-electron chi connectivity index (χ1n) is 12.8. The summed E-state index contributed by atoms with van der Waals surface area (Å²) < 4.78 is 28.6. The molecule has 0 fully saturated rings. The van der Waals surface area contributed by atoms with Crippen LogP contribution in [0.5, 0.6) is 0 Å². The summed E-state index contributed by atoms with van der Waals surface area (Å²) in [6.45, 7) is 8.79. The molecule has 1 atom stereocenters. The van der Waals surface area contributed by atoms with E-state index in [0.717, 1.165) is 15.4 Å². The fraction of sp³-hybridized carbons (Fsp3) is 0.333. The van der Waals surface area contributed by atoms with Gasteiger partial charge in [0.25, 0.3) is 10.0 Å². The van der Waals surface area contributed by atoms with E-state index >= 15 is 0 Å². The molecule has 0 heterocycles. The number of aryl methyl sites for hydroxylation is 1. The third-order valence-corrected chi connectivity index (χ3v) is 8.40. The summed E-state index contributed by atoms with van der Waals surface area (Å²) in [6, 6.07) is 21.6. The lowest BCUT2D eigenvalue weighted by Crippen LogP contribution is -2.55. The number of hydrogen-bond donors (Lipinski definition) is 1. The molecule has 7 nitrogen and oxygen atoms in total. The van der Waals surface area contributed by atoms with Crippen molar-refractivity contribution in [2.75, 3.05) is 17.4 Å². The fourth-order valence-corrected chi connectivity index (χ4v) is 5.63. The lowest BCUT2D eigenvalue weighted by Gasteiger charge is -2.33. The van der Waals surface area contributed by atoms with Gasteiger partial charge in [0.2, 0.25) is 11.8 Å². The number of anilines is 1. The Hall–Kier alpha value is -3.36. The number of benzene rings is 3. The summed E-state index contributed by atoms with van der Waals surface area (Å²) in [6.07, 6.45) is 0.502. The largest absolute Gasteiger partial charge is 0.350 e. The molecule has 0 saturated heterocycles. The van der Waals surface area contributed by atoms with E-state index in [-0.39, 0.29) is 23.0 Å². The highest BCUT2D eigenvalue weighted by atomic mass is 35.5. The van der Waals surface area contributed by atoms with E-state index in [1.165, 1.54) is 23.1 Å². The summed E-state index contributed by atoms with van der Waals surface area (Å²) in [7, 11) is -4.13. The molecule has 0 radical (unpaired) electrons. The third kappa shape index (κ3) is 8.07. The summed E-state index contributed by atoms with van der Waals surface area (Å²) in [5, 5.41) is 3.31. The van der Waals surface area contributed by atoms with Gasteiger partial charge in [-0.2, -0.15) is 0 Å². The molecule has 0 aliphatic heterocycles. The SMILES string of the molecule is Cc1ccc(N(CC(=O)N(CCc2ccccc2)[C@H](C)C(=O)NC(C)(C)C)S(=O)(=O)c2ccccc2)cc1Cl. The van der Waals surface area contributed by atoms with Crippen molar-refractivity contribution in [2.45, 2.75) is 57.5 Å². The van der Waals surface area contributed by atoms with Crippen molar-refractivity contribution in [3.05, 3.63) is 95.0 Å². The molecule has 1 N–H and O–H groups in total. The second-order valence-corrected chi connectivity index (χ2v) is 12.8. The van der Waals surface area contributed by atoms with Crippen molar-refractivity contribution in [2.24, 2.45) is 0 Å². The predicted molar refractivity (Wildman–Crippen MR) is 156 cm³/mol. The van der Waals surface area contributed by atoms with E-state index in [9.17, 15) is 18.0 Å².